The van der Waals surface area contributed by atoms with Crippen LogP contribution >= 0.6 is 0 Å². The van der Waals surface area contributed by atoms with E-state index in [1.54, 1.807) is 18.2 Å². The molecule has 0 aliphatic carbocycles. The van der Waals surface area contributed by atoms with Gasteiger partial charge in [-0.2, -0.15) is 0 Å². The number of fused-ring (bicyclic) bond motifs is 2. The van der Waals surface area contributed by atoms with Crippen molar-refractivity contribution in [2.75, 3.05) is 0 Å². The van der Waals surface area contributed by atoms with E-state index in [9.17, 15) is 8.78 Å². The Morgan fingerprint density at radius 3 is 2.23 bits per heavy atom. The molecule has 0 bridgehead atoms. The van der Waals surface area contributed by atoms with E-state index in [1.165, 1.54) is 24.3 Å². The third-order valence-corrected chi connectivity index (χ3v) is 3.86. The van der Waals surface area contributed by atoms with Crippen molar-refractivity contribution >= 4 is 21.5 Å². The maximum absolute atomic E-state index is 13.4. The van der Waals surface area contributed by atoms with Gasteiger partial charge >= 0.3 is 0 Å². The van der Waals surface area contributed by atoms with E-state index in [-0.39, 0.29) is 11.6 Å². The average Bonchev–Trinajstić information content (AvgIpc) is 2.53. The van der Waals surface area contributed by atoms with Crippen LogP contribution in [0.15, 0.2) is 66.7 Å². The van der Waals surface area contributed by atoms with E-state index >= 15 is 0 Å². The lowest BCUT2D eigenvalue weighted by Gasteiger charge is -2.08. The van der Waals surface area contributed by atoms with E-state index in [4.69, 9.17) is 0 Å². The SMILES string of the molecule is Fc1ccc2ccc(-c3[c]ccc4cc(F)ccc34)cc2c1. The Labute approximate surface area is 126 Å². The van der Waals surface area contributed by atoms with Crippen molar-refractivity contribution in [1.29, 1.82) is 0 Å². The molecule has 0 spiro atoms. The van der Waals surface area contributed by atoms with Gasteiger partial charge in [-0.25, -0.2) is 8.78 Å². The third kappa shape index (κ3) is 2.13. The maximum atomic E-state index is 13.4. The van der Waals surface area contributed by atoms with Crippen LogP contribution in [0.25, 0.3) is 32.7 Å². The van der Waals surface area contributed by atoms with E-state index in [2.05, 4.69) is 6.07 Å². The summed E-state index contributed by atoms with van der Waals surface area (Å²) in [6.45, 7) is 0. The highest BCUT2D eigenvalue weighted by Crippen LogP contribution is 2.31. The lowest BCUT2D eigenvalue weighted by atomic mass is 9.96. The molecule has 0 N–H and O–H groups in total. The minimum absolute atomic E-state index is 0.256. The molecule has 22 heavy (non-hydrogen) atoms. The lowest BCUT2D eigenvalue weighted by molar-refractivity contribution is 0.629. The molecule has 0 aromatic heterocycles. The van der Waals surface area contributed by atoms with Crippen molar-refractivity contribution in [1.82, 2.24) is 0 Å². The molecule has 0 atom stereocenters. The Balaban J connectivity index is 1.98. The van der Waals surface area contributed by atoms with Gasteiger partial charge in [0, 0.05) is 0 Å². The first-order valence-electron chi connectivity index (χ1n) is 7.00. The van der Waals surface area contributed by atoms with Gasteiger partial charge in [0.2, 0.25) is 0 Å². The van der Waals surface area contributed by atoms with Crippen LogP contribution in [0.3, 0.4) is 0 Å². The van der Waals surface area contributed by atoms with Crippen LogP contribution < -0.4 is 0 Å². The van der Waals surface area contributed by atoms with E-state index in [0.717, 1.165) is 32.7 Å². The van der Waals surface area contributed by atoms with Gasteiger partial charge in [0.1, 0.15) is 11.6 Å². The Morgan fingerprint density at radius 2 is 1.36 bits per heavy atom. The second-order valence-corrected chi connectivity index (χ2v) is 5.29. The fourth-order valence-corrected chi connectivity index (χ4v) is 2.80. The van der Waals surface area contributed by atoms with E-state index in [1.807, 2.05) is 24.3 Å². The number of hydrogen-bond acceptors (Lipinski definition) is 0. The molecule has 1 radical (unpaired) electrons. The van der Waals surface area contributed by atoms with Gasteiger partial charge in [0.15, 0.2) is 0 Å². The molecule has 0 saturated heterocycles. The molecule has 0 aliphatic heterocycles. The molecule has 0 fully saturated rings. The zero-order valence-electron chi connectivity index (χ0n) is 11.6. The normalized spacial score (nSPS) is 11.2. The standard InChI is InChI=1S/C20H11F2/c21-17-7-6-13-4-5-15(10-16(13)12-17)19-3-1-2-14-11-18(22)8-9-20(14)19/h1-2,4-12H. The first-order chi connectivity index (χ1) is 10.7. The van der Waals surface area contributed by atoms with E-state index in [0.29, 0.717) is 0 Å². The molecular weight excluding hydrogens is 278 g/mol. The molecule has 105 valence electrons. The Kier molecular flexibility index (Phi) is 2.90. The predicted octanol–water partition coefficient (Wildman–Crippen LogP) is 5.74. The average molecular weight is 289 g/mol. The van der Waals surface area contributed by atoms with Crippen LogP contribution in [0.1, 0.15) is 0 Å². The van der Waals surface area contributed by atoms with Crippen molar-refractivity contribution in [2.24, 2.45) is 0 Å². The summed E-state index contributed by atoms with van der Waals surface area (Å²) < 4.78 is 26.8. The van der Waals surface area contributed by atoms with Gasteiger partial charge in [-0.15, -0.1) is 0 Å². The molecule has 0 unspecified atom stereocenters. The molecule has 0 heterocycles. The van der Waals surface area contributed by atoms with Gasteiger partial charge in [0.25, 0.3) is 0 Å². The smallest absolute Gasteiger partial charge is 0.123 e. The van der Waals surface area contributed by atoms with Gasteiger partial charge < -0.3 is 0 Å². The summed E-state index contributed by atoms with van der Waals surface area (Å²) in [7, 11) is 0. The molecule has 4 rings (SSSR count). The van der Waals surface area contributed by atoms with Crippen molar-refractivity contribution in [3.63, 3.8) is 0 Å². The monoisotopic (exact) mass is 289 g/mol. The fraction of sp³-hybridized carbons (Fsp3) is 0. The van der Waals surface area contributed by atoms with Gasteiger partial charge in [-0.3, -0.25) is 0 Å². The summed E-state index contributed by atoms with van der Waals surface area (Å²) in [6, 6.07) is 22.1. The summed E-state index contributed by atoms with van der Waals surface area (Å²) in [6.07, 6.45) is 0. The van der Waals surface area contributed by atoms with Crippen molar-refractivity contribution in [2.45, 2.75) is 0 Å². The molecule has 0 nitrogen and oxygen atoms in total. The fourth-order valence-electron chi connectivity index (χ4n) is 2.80. The first-order valence-corrected chi connectivity index (χ1v) is 7.00. The topological polar surface area (TPSA) is 0 Å². The van der Waals surface area contributed by atoms with Crippen LogP contribution in [0.4, 0.5) is 8.78 Å². The van der Waals surface area contributed by atoms with Crippen LogP contribution in [0.5, 0.6) is 0 Å². The Hall–Kier alpha value is -2.74. The van der Waals surface area contributed by atoms with Crippen LogP contribution in [0, 0.1) is 17.7 Å². The highest BCUT2D eigenvalue weighted by Gasteiger charge is 2.06. The Morgan fingerprint density at radius 1 is 0.636 bits per heavy atom. The quantitative estimate of drug-likeness (QED) is 0.419. The predicted molar refractivity (Wildman–Crippen MR) is 85.6 cm³/mol. The molecular formula is C20H11F2. The van der Waals surface area contributed by atoms with Gasteiger partial charge in [-0.05, 0) is 69.1 Å². The molecule has 4 aromatic carbocycles. The van der Waals surface area contributed by atoms with Crippen molar-refractivity contribution in [3.05, 3.63) is 84.4 Å². The maximum Gasteiger partial charge on any atom is 0.123 e. The highest BCUT2D eigenvalue weighted by atomic mass is 19.1. The molecule has 0 saturated carbocycles. The van der Waals surface area contributed by atoms with E-state index < -0.39 is 0 Å². The molecule has 0 aliphatic rings. The second-order valence-electron chi connectivity index (χ2n) is 5.29. The summed E-state index contributed by atoms with van der Waals surface area (Å²) in [5, 5.41) is 3.58. The molecule has 4 aromatic rings. The number of benzene rings is 4. The minimum atomic E-state index is -0.259. The van der Waals surface area contributed by atoms with Crippen LogP contribution in [0.2, 0.25) is 0 Å². The summed E-state index contributed by atoms with van der Waals surface area (Å²) in [4.78, 5) is 0. The number of rotatable bonds is 1. The zero-order valence-corrected chi connectivity index (χ0v) is 11.6. The zero-order chi connectivity index (χ0) is 15.1. The van der Waals surface area contributed by atoms with Crippen molar-refractivity contribution in [3.8, 4) is 11.1 Å². The van der Waals surface area contributed by atoms with Crippen LogP contribution in [-0.4, -0.2) is 0 Å². The third-order valence-electron chi connectivity index (χ3n) is 3.86. The summed E-state index contributed by atoms with van der Waals surface area (Å²) >= 11 is 0. The largest absolute Gasteiger partial charge is 0.207 e. The van der Waals surface area contributed by atoms with Gasteiger partial charge in [-0.1, -0.05) is 36.4 Å². The summed E-state index contributed by atoms with van der Waals surface area (Å²) in [5.74, 6) is -0.515. The Bertz CT molecular complexity index is 1000. The molecule has 2 heteroatoms. The first kappa shape index (κ1) is 13.0. The number of hydrogen-bond donors (Lipinski definition) is 0. The number of halogens is 2. The molecule has 0 amide bonds. The minimum Gasteiger partial charge on any atom is -0.207 e. The lowest BCUT2D eigenvalue weighted by Crippen LogP contribution is -1.84. The highest BCUT2D eigenvalue weighted by molar-refractivity contribution is 5.98. The van der Waals surface area contributed by atoms with Gasteiger partial charge in [0.05, 0.1) is 0 Å². The summed E-state index contributed by atoms with van der Waals surface area (Å²) in [5.41, 5.74) is 1.83. The van der Waals surface area contributed by atoms with Crippen LogP contribution in [-0.2, 0) is 0 Å². The van der Waals surface area contributed by atoms with Crippen molar-refractivity contribution < 1.29 is 8.78 Å². The second kappa shape index (κ2) is 4.92.